The molecule has 0 radical (unpaired) electrons. The van der Waals surface area contributed by atoms with E-state index in [4.69, 9.17) is 9.47 Å². The normalized spacial score (nSPS) is 18.8. The number of para-hydroxylation sites is 2. The van der Waals surface area contributed by atoms with Gasteiger partial charge in [-0.05, 0) is 50.2 Å². The summed E-state index contributed by atoms with van der Waals surface area (Å²) in [5.74, 6) is 0.782. The summed E-state index contributed by atoms with van der Waals surface area (Å²) in [6.45, 7) is 3.32. The molecule has 138 valence electrons. The topological polar surface area (TPSA) is 93.7 Å². The highest BCUT2D eigenvalue weighted by Crippen LogP contribution is 2.33. The van der Waals surface area contributed by atoms with E-state index in [0.29, 0.717) is 22.9 Å². The molecule has 0 spiro atoms. The number of rotatable bonds is 5. The van der Waals surface area contributed by atoms with Gasteiger partial charge in [-0.1, -0.05) is 12.1 Å². The molecular formula is C18H20N2O5S. The zero-order valence-electron chi connectivity index (χ0n) is 14.4. The number of sulfonamides is 1. The van der Waals surface area contributed by atoms with Crippen LogP contribution in [-0.2, 0) is 14.8 Å². The van der Waals surface area contributed by atoms with Gasteiger partial charge in [0.15, 0.2) is 11.5 Å². The number of nitrogens with one attached hydrogen (secondary N) is 2. The zero-order valence-corrected chi connectivity index (χ0v) is 15.2. The Morgan fingerprint density at radius 3 is 2.19 bits per heavy atom. The molecule has 8 heteroatoms. The molecule has 0 aliphatic carbocycles. The van der Waals surface area contributed by atoms with Crippen molar-refractivity contribution in [2.24, 2.45) is 0 Å². The van der Waals surface area contributed by atoms with Crippen molar-refractivity contribution >= 4 is 27.3 Å². The maximum Gasteiger partial charge on any atom is 0.269 e. The first kappa shape index (κ1) is 18.1. The largest absolute Gasteiger partial charge is 0.482 e. The van der Waals surface area contributed by atoms with Crippen molar-refractivity contribution in [3.8, 4) is 11.5 Å². The van der Waals surface area contributed by atoms with Gasteiger partial charge in [-0.2, -0.15) is 0 Å². The van der Waals surface area contributed by atoms with E-state index in [1.54, 1.807) is 50.2 Å². The van der Waals surface area contributed by atoms with Crippen LogP contribution in [0.1, 0.15) is 13.8 Å². The lowest BCUT2D eigenvalue weighted by Gasteiger charge is -2.31. The molecule has 0 bridgehead atoms. The van der Waals surface area contributed by atoms with Gasteiger partial charge in [0.1, 0.15) is 6.10 Å². The molecule has 1 aliphatic rings. The Hall–Kier alpha value is -2.74. The molecular weight excluding hydrogens is 356 g/mol. The predicted molar refractivity (Wildman–Crippen MR) is 99.1 cm³/mol. The molecule has 2 N–H and O–H groups in total. The molecule has 3 rings (SSSR count). The number of amides is 1. The SMILES string of the molecule is CCS(=O)(=O)Nc1ccc(NC(=O)[C@H]2Oc3ccccc3O[C@@H]2C)cc1. The Labute approximate surface area is 152 Å². The molecule has 0 saturated carbocycles. The first-order valence-electron chi connectivity index (χ1n) is 8.22. The summed E-state index contributed by atoms with van der Waals surface area (Å²) in [5.41, 5.74) is 0.966. The Morgan fingerprint density at radius 1 is 1.00 bits per heavy atom. The molecule has 0 unspecified atom stereocenters. The number of benzene rings is 2. The molecule has 1 heterocycles. The average molecular weight is 376 g/mol. The van der Waals surface area contributed by atoms with Crippen LogP contribution in [0.3, 0.4) is 0 Å². The van der Waals surface area contributed by atoms with E-state index in [-0.39, 0.29) is 11.7 Å². The first-order valence-corrected chi connectivity index (χ1v) is 9.87. The van der Waals surface area contributed by atoms with Gasteiger partial charge in [0.2, 0.25) is 16.1 Å². The summed E-state index contributed by atoms with van der Waals surface area (Å²) >= 11 is 0. The Bertz CT molecular complexity index is 896. The predicted octanol–water partition coefficient (Wildman–Crippen LogP) is 2.62. The molecule has 7 nitrogen and oxygen atoms in total. The second kappa shape index (κ2) is 7.25. The van der Waals surface area contributed by atoms with Gasteiger partial charge in [-0.15, -0.1) is 0 Å². The Balaban J connectivity index is 1.67. The van der Waals surface area contributed by atoms with Crippen molar-refractivity contribution in [2.75, 3.05) is 15.8 Å². The highest BCUT2D eigenvalue weighted by Gasteiger charge is 2.34. The molecule has 1 amide bonds. The minimum absolute atomic E-state index is 0.0101. The molecule has 2 atom stereocenters. The number of anilines is 2. The third-order valence-electron chi connectivity index (χ3n) is 3.91. The monoisotopic (exact) mass is 376 g/mol. The Kier molecular flexibility index (Phi) is 5.03. The highest BCUT2D eigenvalue weighted by atomic mass is 32.2. The average Bonchev–Trinajstić information content (AvgIpc) is 2.62. The summed E-state index contributed by atoms with van der Waals surface area (Å²) in [7, 11) is -3.34. The summed E-state index contributed by atoms with van der Waals surface area (Å²) in [4.78, 5) is 12.5. The second-order valence-electron chi connectivity index (χ2n) is 5.88. The molecule has 0 aromatic heterocycles. The summed E-state index contributed by atoms with van der Waals surface area (Å²) in [6.07, 6.45) is -1.23. The van der Waals surface area contributed by atoms with Crippen molar-refractivity contribution in [3.63, 3.8) is 0 Å². The minimum Gasteiger partial charge on any atom is -0.482 e. The number of hydrogen-bond donors (Lipinski definition) is 2. The minimum atomic E-state index is -3.34. The van der Waals surface area contributed by atoms with Crippen LogP contribution in [0.25, 0.3) is 0 Å². The number of fused-ring (bicyclic) bond motifs is 1. The molecule has 1 aliphatic heterocycles. The van der Waals surface area contributed by atoms with Crippen molar-refractivity contribution in [1.29, 1.82) is 0 Å². The smallest absolute Gasteiger partial charge is 0.269 e. The number of carbonyl (C=O) groups excluding carboxylic acids is 1. The van der Waals surface area contributed by atoms with Crippen LogP contribution in [0.5, 0.6) is 11.5 Å². The van der Waals surface area contributed by atoms with Crippen molar-refractivity contribution < 1.29 is 22.7 Å². The quantitative estimate of drug-likeness (QED) is 0.837. The standard InChI is InChI=1S/C18H20N2O5S/c1-3-26(22,23)20-14-10-8-13(9-11-14)19-18(21)17-12(2)24-15-6-4-5-7-16(15)25-17/h4-12,17,20H,3H2,1-2H3,(H,19,21)/t12-,17+/m1/s1. The van der Waals surface area contributed by atoms with Gasteiger partial charge >= 0.3 is 0 Å². The van der Waals surface area contributed by atoms with Gasteiger partial charge in [0, 0.05) is 11.4 Å². The zero-order chi connectivity index (χ0) is 18.7. The lowest BCUT2D eigenvalue weighted by molar-refractivity contribution is -0.128. The van der Waals surface area contributed by atoms with E-state index in [2.05, 4.69) is 10.0 Å². The summed E-state index contributed by atoms with van der Waals surface area (Å²) in [6, 6.07) is 13.6. The van der Waals surface area contributed by atoms with E-state index < -0.39 is 22.2 Å². The van der Waals surface area contributed by atoms with Gasteiger partial charge in [-0.3, -0.25) is 9.52 Å². The summed E-state index contributed by atoms with van der Waals surface area (Å²) in [5, 5.41) is 2.76. The fourth-order valence-corrected chi connectivity index (χ4v) is 3.13. The first-order chi connectivity index (χ1) is 12.4. The van der Waals surface area contributed by atoms with E-state index in [1.807, 2.05) is 12.1 Å². The second-order valence-corrected chi connectivity index (χ2v) is 7.89. The molecule has 2 aromatic carbocycles. The molecule has 0 saturated heterocycles. The van der Waals surface area contributed by atoms with Gasteiger partial charge in [-0.25, -0.2) is 8.42 Å². The van der Waals surface area contributed by atoms with Crippen LogP contribution in [0, 0.1) is 0 Å². The molecule has 2 aromatic rings. The van der Waals surface area contributed by atoms with Crippen LogP contribution in [-0.4, -0.2) is 32.3 Å². The number of carbonyl (C=O) groups is 1. The van der Waals surface area contributed by atoms with E-state index in [1.165, 1.54) is 0 Å². The third-order valence-corrected chi connectivity index (χ3v) is 5.21. The highest BCUT2D eigenvalue weighted by molar-refractivity contribution is 7.92. The molecule has 26 heavy (non-hydrogen) atoms. The van der Waals surface area contributed by atoms with Crippen molar-refractivity contribution in [1.82, 2.24) is 0 Å². The Morgan fingerprint density at radius 2 is 1.58 bits per heavy atom. The fourth-order valence-electron chi connectivity index (χ4n) is 2.49. The van der Waals surface area contributed by atoms with Crippen LogP contribution in [0.4, 0.5) is 11.4 Å². The van der Waals surface area contributed by atoms with Crippen LogP contribution < -0.4 is 19.5 Å². The van der Waals surface area contributed by atoms with E-state index >= 15 is 0 Å². The third kappa shape index (κ3) is 4.08. The van der Waals surface area contributed by atoms with Gasteiger partial charge < -0.3 is 14.8 Å². The fraction of sp³-hybridized carbons (Fsp3) is 0.278. The lowest BCUT2D eigenvalue weighted by atomic mass is 10.1. The maximum absolute atomic E-state index is 12.5. The van der Waals surface area contributed by atoms with Crippen LogP contribution in [0.2, 0.25) is 0 Å². The van der Waals surface area contributed by atoms with Gasteiger partial charge in [0.25, 0.3) is 5.91 Å². The number of hydrogen-bond acceptors (Lipinski definition) is 5. The van der Waals surface area contributed by atoms with E-state index in [0.717, 1.165) is 0 Å². The van der Waals surface area contributed by atoms with Gasteiger partial charge in [0.05, 0.1) is 5.75 Å². The molecule has 0 fully saturated rings. The lowest BCUT2D eigenvalue weighted by Crippen LogP contribution is -2.46. The van der Waals surface area contributed by atoms with Crippen molar-refractivity contribution in [2.45, 2.75) is 26.1 Å². The van der Waals surface area contributed by atoms with Crippen LogP contribution >= 0.6 is 0 Å². The van der Waals surface area contributed by atoms with Crippen molar-refractivity contribution in [3.05, 3.63) is 48.5 Å². The maximum atomic E-state index is 12.5. The van der Waals surface area contributed by atoms with E-state index in [9.17, 15) is 13.2 Å². The summed E-state index contributed by atoms with van der Waals surface area (Å²) < 4.78 is 37.1. The number of ether oxygens (including phenoxy) is 2. The van der Waals surface area contributed by atoms with Crippen LogP contribution in [0.15, 0.2) is 48.5 Å².